The van der Waals surface area contributed by atoms with Crippen LogP contribution >= 0.6 is 11.8 Å². The summed E-state index contributed by atoms with van der Waals surface area (Å²) in [7, 11) is 3.07. The number of anilines is 1. The highest BCUT2D eigenvalue weighted by atomic mass is 32.2. The summed E-state index contributed by atoms with van der Waals surface area (Å²) < 4.78 is 23.4. The van der Waals surface area contributed by atoms with Gasteiger partial charge in [-0.15, -0.1) is 0 Å². The van der Waals surface area contributed by atoms with Gasteiger partial charge in [-0.3, -0.25) is 14.2 Å². The minimum Gasteiger partial charge on any atom is -0.494 e. The number of rotatable bonds is 9. The second kappa shape index (κ2) is 10.9. The highest BCUT2D eigenvalue weighted by molar-refractivity contribution is 7.99. The van der Waals surface area contributed by atoms with Gasteiger partial charge in [-0.1, -0.05) is 23.9 Å². The number of thioether (sulfide) groups is 1. The average Bonchev–Trinajstić information content (AvgIpc) is 3.32. The van der Waals surface area contributed by atoms with Crippen molar-refractivity contribution in [2.75, 3.05) is 31.9 Å². The number of benzene rings is 3. The number of para-hydroxylation sites is 1. The number of hydrogen-bond acceptors (Lipinski definition) is 8. The van der Waals surface area contributed by atoms with Crippen LogP contribution in [-0.4, -0.2) is 42.0 Å². The van der Waals surface area contributed by atoms with E-state index >= 15 is 0 Å². The minimum atomic E-state index is -0.363. The zero-order chi connectivity index (χ0) is 26.6. The van der Waals surface area contributed by atoms with Gasteiger partial charge in [0.1, 0.15) is 16.8 Å². The first-order chi connectivity index (χ1) is 18.5. The molecule has 3 aromatic carbocycles. The van der Waals surface area contributed by atoms with Crippen molar-refractivity contribution in [3.05, 3.63) is 77.1 Å². The Bertz CT molecular complexity index is 1680. The zero-order valence-electron chi connectivity index (χ0n) is 21.0. The van der Waals surface area contributed by atoms with Gasteiger partial charge in [0.2, 0.25) is 11.5 Å². The van der Waals surface area contributed by atoms with Gasteiger partial charge in [-0.05, 0) is 55.5 Å². The van der Waals surface area contributed by atoms with Gasteiger partial charge < -0.3 is 23.9 Å². The zero-order valence-corrected chi connectivity index (χ0v) is 21.8. The number of amides is 1. The van der Waals surface area contributed by atoms with E-state index in [-0.39, 0.29) is 22.8 Å². The Morgan fingerprint density at radius 2 is 1.79 bits per heavy atom. The fraction of sp³-hybridized carbons (Fsp3) is 0.179. The molecular formula is C28H25N3O6S. The van der Waals surface area contributed by atoms with Crippen LogP contribution < -0.4 is 25.1 Å². The van der Waals surface area contributed by atoms with E-state index in [4.69, 9.17) is 23.6 Å². The van der Waals surface area contributed by atoms with Crippen molar-refractivity contribution in [2.45, 2.75) is 12.1 Å². The van der Waals surface area contributed by atoms with Gasteiger partial charge >= 0.3 is 5.56 Å². The molecule has 0 aliphatic heterocycles. The maximum Gasteiger partial charge on any atom is 0.302 e. The third kappa shape index (κ3) is 4.90. The first kappa shape index (κ1) is 25.2. The van der Waals surface area contributed by atoms with Crippen molar-refractivity contribution < 1.29 is 23.4 Å². The second-order valence-electron chi connectivity index (χ2n) is 8.14. The maximum absolute atomic E-state index is 13.7. The van der Waals surface area contributed by atoms with Crippen molar-refractivity contribution in [1.29, 1.82) is 0 Å². The van der Waals surface area contributed by atoms with Crippen molar-refractivity contribution >= 4 is 45.4 Å². The SMILES string of the molecule is CCOc1ccc(-n2c(SCC(=O)Nc3ccc(OC)c(OC)c3)nc3c(oc4ccccc43)c2=O)cc1. The van der Waals surface area contributed by atoms with E-state index in [2.05, 4.69) is 5.32 Å². The highest BCUT2D eigenvalue weighted by Gasteiger charge is 2.20. The fourth-order valence-corrected chi connectivity index (χ4v) is 4.85. The van der Waals surface area contributed by atoms with Crippen LogP contribution in [0.25, 0.3) is 27.8 Å². The van der Waals surface area contributed by atoms with Gasteiger partial charge in [-0.2, -0.15) is 0 Å². The Kier molecular flexibility index (Phi) is 7.23. The molecule has 38 heavy (non-hydrogen) atoms. The quantitative estimate of drug-likeness (QED) is 0.202. The monoisotopic (exact) mass is 531 g/mol. The normalized spacial score (nSPS) is 11.0. The van der Waals surface area contributed by atoms with E-state index in [0.717, 1.165) is 17.1 Å². The van der Waals surface area contributed by atoms with E-state index in [0.29, 0.717) is 51.5 Å². The average molecular weight is 532 g/mol. The molecule has 0 unspecified atom stereocenters. The standard InChI is InChI=1S/C28H25N3O6S/c1-4-36-19-12-10-18(11-13-19)31-27(33)26-25(20-7-5-6-8-21(20)37-26)30-28(31)38-16-24(32)29-17-9-14-22(34-2)23(15-17)35-3/h5-15H,4,16H2,1-3H3,(H,29,32). The molecule has 0 aliphatic rings. The lowest BCUT2D eigenvalue weighted by Gasteiger charge is -2.13. The van der Waals surface area contributed by atoms with Gasteiger partial charge in [0.25, 0.3) is 0 Å². The lowest BCUT2D eigenvalue weighted by molar-refractivity contribution is -0.113. The smallest absolute Gasteiger partial charge is 0.302 e. The lowest BCUT2D eigenvalue weighted by atomic mass is 10.2. The predicted octanol–water partition coefficient (Wildman–Crippen LogP) is 5.28. The molecule has 0 fully saturated rings. The summed E-state index contributed by atoms with van der Waals surface area (Å²) in [5.74, 6) is 1.49. The predicted molar refractivity (Wildman–Crippen MR) is 147 cm³/mol. The molecule has 0 spiro atoms. The van der Waals surface area contributed by atoms with Crippen LogP contribution in [0.15, 0.2) is 81.1 Å². The molecule has 5 rings (SSSR count). The van der Waals surface area contributed by atoms with Gasteiger partial charge in [0, 0.05) is 17.1 Å². The summed E-state index contributed by atoms with van der Waals surface area (Å²) >= 11 is 1.15. The second-order valence-corrected chi connectivity index (χ2v) is 9.09. The van der Waals surface area contributed by atoms with E-state index in [1.54, 1.807) is 55.6 Å². The largest absolute Gasteiger partial charge is 0.494 e. The van der Waals surface area contributed by atoms with E-state index in [1.807, 2.05) is 25.1 Å². The van der Waals surface area contributed by atoms with E-state index < -0.39 is 0 Å². The molecule has 9 nitrogen and oxygen atoms in total. The molecule has 2 heterocycles. The summed E-state index contributed by atoms with van der Waals surface area (Å²) in [5.41, 5.74) is 1.95. The van der Waals surface area contributed by atoms with Crippen LogP contribution in [0.2, 0.25) is 0 Å². The number of hydrogen-bond donors (Lipinski definition) is 1. The lowest BCUT2D eigenvalue weighted by Crippen LogP contribution is -2.22. The van der Waals surface area contributed by atoms with Crippen LogP contribution in [0.3, 0.4) is 0 Å². The molecule has 194 valence electrons. The number of nitrogens with one attached hydrogen (secondary N) is 1. The number of ether oxygens (including phenoxy) is 3. The Hall–Kier alpha value is -4.44. The Morgan fingerprint density at radius 1 is 1.03 bits per heavy atom. The third-order valence-corrected chi connectivity index (χ3v) is 6.71. The van der Waals surface area contributed by atoms with Crippen LogP contribution in [0, 0.1) is 0 Å². The van der Waals surface area contributed by atoms with Gasteiger partial charge in [0.15, 0.2) is 16.7 Å². The topological polar surface area (TPSA) is 105 Å². The maximum atomic E-state index is 13.7. The number of furan rings is 1. The summed E-state index contributed by atoms with van der Waals surface area (Å²) in [6.45, 7) is 2.43. The molecule has 2 aromatic heterocycles. The van der Waals surface area contributed by atoms with Crippen molar-refractivity contribution in [2.24, 2.45) is 0 Å². The van der Waals surface area contributed by atoms with Crippen molar-refractivity contribution in [1.82, 2.24) is 9.55 Å². The molecule has 5 aromatic rings. The molecule has 0 saturated heterocycles. The molecule has 1 N–H and O–H groups in total. The first-order valence-corrected chi connectivity index (χ1v) is 12.8. The molecule has 1 amide bonds. The first-order valence-electron chi connectivity index (χ1n) is 11.8. The number of nitrogens with zero attached hydrogens (tertiary/aromatic N) is 2. The van der Waals surface area contributed by atoms with E-state index in [9.17, 15) is 9.59 Å². The fourth-order valence-electron chi connectivity index (χ4n) is 4.05. The molecule has 10 heteroatoms. The van der Waals surface area contributed by atoms with Crippen LogP contribution in [0.1, 0.15) is 6.92 Å². The minimum absolute atomic E-state index is 0.0130. The van der Waals surface area contributed by atoms with Gasteiger partial charge in [0.05, 0.1) is 32.3 Å². The van der Waals surface area contributed by atoms with Crippen LogP contribution in [-0.2, 0) is 4.79 Å². The molecule has 0 atom stereocenters. The molecule has 0 saturated carbocycles. The molecule has 0 aliphatic carbocycles. The molecular weight excluding hydrogens is 506 g/mol. The van der Waals surface area contributed by atoms with Crippen molar-refractivity contribution in [3.8, 4) is 22.9 Å². The molecule has 0 radical (unpaired) electrons. The summed E-state index contributed by atoms with van der Waals surface area (Å²) in [6, 6.07) is 19.6. The number of carbonyl (C=O) groups is 1. The highest BCUT2D eigenvalue weighted by Crippen LogP contribution is 2.31. The number of fused-ring (bicyclic) bond motifs is 3. The summed E-state index contributed by atoms with van der Waals surface area (Å²) in [6.07, 6.45) is 0. The number of aromatic nitrogens is 2. The third-order valence-electron chi connectivity index (χ3n) is 5.77. The van der Waals surface area contributed by atoms with Gasteiger partial charge in [-0.25, -0.2) is 4.98 Å². The molecule has 0 bridgehead atoms. The Labute approximate surface area is 222 Å². The number of carbonyl (C=O) groups excluding carboxylic acids is 1. The Balaban J connectivity index is 1.49. The summed E-state index contributed by atoms with van der Waals surface area (Å²) in [5, 5.41) is 3.94. The van der Waals surface area contributed by atoms with Crippen LogP contribution in [0.4, 0.5) is 5.69 Å². The van der Waals surface area contributed by atoms with E-state index in [1.165, 1.54) is 11.7 Å². The number of methoxy groups -OCH3 is 2. The summed E-state index contributed by atoms with van der Waals surface area (Å²) in [4.78, 5) is 31.3. The Morgan fingerprint density at radius 3 is 2.53 bits per heavy atom. The van der Waals surface area contributed by atoms with Crippen LogP contribution in [0.5, 0.6) is 17.2 Å². The van der Waals surface area contributed by atoms with Crippen molar-refractivity contribution in [3.63, 3.8) is 0 Å².